The van der Waals surface area contributed by atoms with Crippen molar-refractivity contribution in [1.29, 1.82) is 0 Å². The topological polar surface area (TPSA) is 113 Å². The van der Waals surface area contributed by atoms with Crippen molar-refractivity contribution in [1.82, 2.24) is 0 Å². The summed E-state index contributed by atoms with van der Waals surface area (Å²) >= 11 is 0. The Morgan fingerprint density at radius 1 is 1.12 bits per heavy atom. The van der Waals surface area contributed by atoms with E-state index in [0.29, 0.717) is 5.56 Å². The zero-order valence-electron chi connectivity index (χ0n) is 14.1. The number of hydrogen-bond acceptors (Lipinski definition) is 5. The normalized spacial score (nSPS) is 19.9. The van der Waals surface area contributed by atoms with Crippen LogP contribution in [0.3, 0.4) is 0 Å². The molecule has 1 atom stereocenters. The molecule has 130 valence electrons. The van der Waals surface area contributed by atoms with Crippen LogP contribution in [-0.2, 0) is 14.1 Å². The van der Waals surface area contributed by atoms with E-state index < -0.39 is 36.1 Å². The van der Waals surface area contributed by atoms with Gasteiger partial charge < -0.3 is 24.6 Å². The van der Waals surface area contributed by atoms with E-state index in [-0.39, 0.29) is 17.7 Å². The Labute approximate surface area is 140 Å². The van der Waals surface area contributed by atoms with E-state index in [2.05, 4.69) is 0 Å². The van der Waals surface area contributed by atoms with Crippen molar-refractivity contribution in [2.75, 3.05) is 0 Å². The van der Waals surface area contributed by atoms with Gasteiger partial charge in [-0.2, -0.15) is 0 Å². The summed E-state index contributed by atoms with van der Waals surface area (Å²) < 4.78 is 11.8. The van der Waals surface area contributed by atoms with Crippen LogP contribution in [0.1, 0.15) is 55.9 Å². The summed E-state index contributed by atoms with van der Waals surface area (Å²) in [6.07, 6.45) is -0.291. The van der Waals surface area contributed by atoms with Crippen LogP contribution in [0.2, 0.25) is 0 Å². The summed E-state index contributed by atoms with van der Waals surface area (Å²) in [6, 6.07) is 3.98. The molecule has 8 heteroatoms. The average molecular weight is 336 g/mol. The molecule has 7 nitrogen and oxygen atoms in total. The van der Waals surface area contributed by atoms with Gasteiger partial charge in [0.25, 0.3) is 0 Å². The molecular formula is C16H21BO7. The van der Waals surface area contributed by atoms with E-state index in [1.54, 1.807) is 0 Å². The van der Waals surface area contributed by atoms with Gasteiger partial charge in [-0.05, 0) is 45.4 Å². The molecule has 1 aromatic carbocycles. The Balaban J connectivity index is 2.42. The summed E-state index contributed by atoms with van der Waals surface area (Å²) in [5.74, 6) is -3.44. The molecular weight excluding hydrogens is 315 g/mol. The van der Waals surface area contributed by atoms with E-state index in [0.717, 1.165) is 0 Å². The van der Waals surface area contributed by atoms with Gasteiger partial charge in [-0.1, -0.05) is 6.07 Å². The lowest BCUT2D eigenvalue weighted by atomic mass is 9.66. The van der Waals surface area contributed by atoms with Gasteiger partial charge in [0.15, 0.2) is 0 Å². The molecule has 0 aromatic heterocycles. The van der Waals surface area contributed by atoms with Gasteiger partial charge in [0.05, 0.1) is 17.6 Å². The number of phenols is 1. The lowest BCUT2D eigenvalue weighted by Crippen LogP contribution is -2.41. The summed E-state index contributed by atoms with van der Waals surface area (Å²) in [5, 5.41) is 28.0. The lowest BCUT2D eigenvalue weighted by Gasteiger charge is -2.32. The smallest absolute Gasteiger partial charge is 0.466 e. The maximum atomic E-state index is 11.3. The summed E-state index contributed by atoms with van der Waals surface area (Å²) in [7, 11) is -0.836. The third-order valence-corrected chi connectivity index (χ3v) is 4.67. The maximum Gasteiger partial charge on any atom is 0.466 e. The van der Waals surface area contributed by atoms with Gasteiger partial charge in [-0.25, -0.2) is 4.79 Å². The fourth-order valence-corrected chi connectivity index (χ4v) is 2.57. The van der Waals surface area contributed by atoms with Crippen LogP contribution in [0, 0.1) is 0 Å². The Hall–Kier alpha value is -2.06. The Kier molecular flexibility index (Phi) is 4.65. The third kappa shape index (κ3) is 3.39. The van der Waals surface area contributed by atoms with Gasteiger partial charge in [0.1, 0.15) is 11.3 Å². The summed E-state index contributed by atoms with van der Waals surface area (Å²) in [4.78, 5) is 22.5. The first-order chi connectivity index (χ1) is 10.9. The molecule has 1 unspecified atom stereocenters. The third-order valence-electron chi connectivity index (χ3n) is 4.67. The second kappa shape index (κ2) is 6.10. The van der Waals surface area contributed by atoms with E-state index in [4.69, 9.17) is 14.4 Å². The van der Waals surface area contributed by atoms with Crippen molar-refractivity contribution in [2.45, 2.75) is 51.1 Å². The molecule has 0 aliphatic carbocycles. The number of aromatic carboxylic acids is 1. The molecule has 1 saturated heterocycles. The van der Waals surface area contributed by atoms with Crippen molar-refractivity contribution in [3.05, 3.63) is 29.3 Å². The predicted molar refractivity (Wildman–Crippen MR) is 86.1 cm³/mol. The van der Waals surface area contributed by atoms with Crippen LogP contribution in [-0.4, -0.2) is 45.6 Å². The second-order valence-corrected chi connectivity index (χ2v) is 6.91. The SMILES string of the molecule is CC1(C)OB(C(CC(=O)O)c2ccc(O)c(C(=O)O)c2)OC1(C)C. The van der Waals surface area contributed by atoms with Crippen LogP contribution in [0.25, 0.3) is 0 Å². The minimum Gasteiger partial charge on any atom is -0.507 e. The zero-order valence-corrected chi connectivity index (χ0v) is 14.1. The molecule has 1 aromatic rings. The highest BCUT2D eigenvalue weighted by Gasteiger charge is 2.54. The lowest BCUT2D eigenvalue weighted by molar-refractivity contribution is -0.137. The Morgan fingerprint density at radius 3 is 2.12 bits per heavy atom. The monoisotopic (exact) mass is 336 g/mol. The molecule has 1 aliphatic rings. The van der Waals surface area contributed by atoms with Gasteiger partial charge in [-0.3, -0.25) is 4.79 Å². The number of hydrogen-bond donors (Lipinski definition) is 3. The number of carbonyl (C=O) groups is 2. The van der Waals surface area contributed by atoms with Crippen LogP contribution in [0.15, 0.2) is 18.2 Å². The Bertz CT molecular complexity index is 652. The number of carboxylic acid groups (broad SMARTS) is 2. The first kappa shape index (κ1) is 18.3. The van der Waals surface area contributed by atoms with Crippen LogP contribution in [0.5, 0.6) is 5.75 Å². The van der Waals surface area contributed by atoms with E-state index in [1.165, 1.54) is 18.2 Å². The zero-order chi connectivity index (χ0) is 18.3. The van der Waals surface area contributed by atoms with E-state index >= 15 is 0 Å². The highest BCUT2D eigenvalue weighted by Crippen LogP contribution is 2.42. The molecule has 24 heavy (non-hydrogen) atoms. The summed E-state index contributed by atoms with van der Waals surface area (Å²) in [6.45, 7) is 7.41. The molecule has 1 aliphatic heterocycles. The molecule has 0 saturated carbocycles. The first-order valence-corrected chi connectivity index (χ1v) is 7.58. The van der Waals surface area contributed by atoms with Gasteiger partial charge in [0, 0.05) is 5.82 Å². The number of aliphatic carboxylic acids is 1. The number of rotatable bonds is 5. The first-order valence-electron chi connectivity index (χ1n) is 7.58. The quantitative estimate of drug-likeness (QED) is 0.707. The minimum absolute atomic E-state index is 0.291. The van der Waals surface area contributed by atoms with E-state index in [1.807, 2.05) is 27.7 Å². The fourth-order valence-electron chi connectivity index (χ4n) is 2.57. The summed E-state index contributed by atoms with van der Waals surface area (Å²) in [5.41, 5.74) is -1.15. The molecule has 0 bridgehead atoms. The van der Waals surface area contributed by atoms with Crippen LogP contribution in [0.4, 0.5) is 0 Å². The predicted octanol–water partition coefficient (Wildman–Crippen LogP) is 2.28. The number of carboxylic acids is 2. The average Bonchev–Trinajstić information content (AvgIpc) is 2.65. The maximum absolute atomic E-state index is 11.3. The highest BCUT2D eigenvalue weighted by atomic mass is 16.7. The van der Waals surface area contributed by atoms with Crippen molar-refractivity contribution < 1.29 is 34.2 Å². The highest BCUT2D eigenvalue weighted by molar-refractivity contribution is 6.48. The van der Waals surface area contributed by atoms with Gasteiger partial charge in [0.2, 0.25) is 0 Å². The van der Waals surface area contributed by atoms with Crippen molar-refractivity contribution >= 4 is 19.1 Å². The molecule has 3 N–H and O–H groups in total. The van der Waals surface area contributed by atoms with Crippen LogP contribution < -0.4 is 0 Å². The fraction of sp³-hybridized carbons (Fsp3) is 0.500. The number of benzene rings is 1. The second-order valence-electron chi connectivity index (χ2n) is 6.91. The molecule has 2 rings (SSSR count). The largest absolute Gasteiger partial charge is 0.507 e. The molecule has 0 radical (unpaired) electrons. The molecule has 0 spiro atoms. The van der Waals surface area contributed by atoms with Crippen molar-refractivity contribution in [3.63, 3.8) is 0 Å². The number of aromatic hydroxyl groups is 1. The van der Waals surface area contributed by atoms with Crippen molar-refractivity contribution in [3.8, 4) is 5.75 Å². The Morgan fingerprint density at radius 2 is 1.67 bits per heavy atom. The standard InChI is InChI=1S/C16H21BO7/c1-15(2)16(3,4)24-17(23-15)11(8-13(19)20)9-5-6-12(18)10(7-9)14(21)22/h5-7,11,18H,8H2,1-4H3,(H,19,20)(H,21,22). The minimum atomic E-state index is -1.29. The molecule has 0 amide bonds. The van der Waals surface area contributed by atoms with Gasteiger partial charge in [-0.15, -0.1) is 0 Å². The van der Waals surface area contributed by atoms with E-state index in [9.17, 15) is 19.8 Å². The molecule has 1 heterocycles. The van der Waals surface area contributed by atoms with Gasteiger partial charge >= 0.3 is 19.1 Å². The van der Waals surface area contributed by atoms with Crippen molar-refractivity contribution in [2.24, 2.45) is 0 Å². The van der Waals surface area contributed by atoms with Crippen LogP contribution >= 0.6 is 0 Å². The molecule has 1 fully saturated rings.